The van der Waals surface area contributed by atoms with Gasteiger partial charge in [-0.25, -0.2) is 4.39 Å². The first-order valence-corrected chi connectivity index (χ1v) is 11.7. The molecule has 2 aromatic rings. The molecule has 0 unspecified atom stereocenters. The first-order chi connectivity index (χ1) is 16.7. The van der Waals surface area contributed by atoms with E-state index in [9.17, 15) is 14.0 Å². The van der Waals surface area contributed by atoms with Gasteiger partial charge in [-0.1, -0.05) is 24.3 Å². The molecule has 3 aliphatic rings. The van der Waals surface area contributed by atoms with Gasteiger partial charge in [0.25, 0.3) is 5.91 Å². The Bertz CT molecular complexity index is 1240. The van der Waals surface area contributed by atoms with Gasteiger partial charge in [-0.05, 0) is 49.2 Å². The fourth-order valence-corrected chi connectivity index (χ4v) is 4.95. The molecule has 3 aliphatic heterocycles. The summed E-state index contributed by atoms with van der Waals surface area (Å²) in [5.41, 5.74) is 3.91. The normalized spacial score (nSPS) is 21.9. The number of carboxylic acid groups (broad SMARTS) is 1. The molecule has 0 radical (unpaired) electrons. The summed E-state index contributed by atoms with van der Waals surface area (Å²) in [7, 11) is 0. The van der Waals surface area contributed by atoms with Crippen LogP contribution in [0, 0.1) is 5.82 Å². The zero-order chi connectivity index (χ0) is 24.7. The maximum absolute atomic E-state index is 13.9. The second kappa shape index (κ2) is 8.94. The van der Waals surface area contributed by atoms with Crippen molar-refractivity contribution in [1.82, 2.24) is 9.80 Å². The predicted octanol–water partition coefficient (Wildman–Crippen LogP) is 3.58. The van der Waals surface area contributed by atoms with Crippen LogP contribution in [0.4, 0.5) is 10.1 Å². The van der Waals surface area contributed by atoms with E-state index in [-0.39, 0.29) is 12.5 Å². The molecule has 3 heterocycles. The van der Waals surface area contributed by atoms with Crippen molar-refractivity contribution >= 4 is 28.7 Å². The second-order valence-electron chi connectivity index (χ2n) is 9.70. The van der Waals surface area contributed by atoms with Crippen LogP contribution in [0.2, 0.25) is 0 Å². The lowest BCUT2D eigenvalue weighted by Gasteiger charge is -2.33. The number of fused-ring (bicyclic) bond motifs is 1. The lowest BCUT2D eigenvalue weighted by Crippen LogP contribution is -2.47. The van der Waals surface area contributed by atoms with E-state index in [0.29, 0.717) is 22.6 Å². The summed E-state index contributed by atoms with van der Waals surface area (Å²) in [5.74, 6) is -1.05. The second-order valence-corrected chi connectivity index (χ2v) is 9.70. The number of benzene rings is 2. The number of nitrogens with one attached hydrogen (secondary N) is 1. The number of hydrogen-bond acceptors (Lipinski definition) is 5. The van der Waals surface area contributed by atoms with Crippen LogP contribution < -0.4 is 5.32 Å². The third-order valence-electron chi connectivity index (χ3n) is 6.76. The first-order valence-electron chi connectivity index (χ1n) is 11.7. The molecule has 0 spiro atoms. The maximum Gasteiger partial charge on any atom is 0.317 e. The van der Waals surface area contributed by atoms with Crippen molar-refractivity contribution in [2.24, 2.45) is 0 Å². The highest BCUT2D eigenvalue weighted by Gasteiger charge is 2.38. The van der Waals surface area contributed by atoms with Crippen LogP contribution in [-0.4, -0.2) is 65.1 Å². The molecule has 7 nitrogen and oxygen atoms in total. The SMILES string of the molecule is CC1(C)O/C(=C2/C(=O)Nc3ccc(F)cc32)C=C1c1ccc(CN2CCN(CC(=O)O)CC2)cc1. The van der Waals surface area contributed by atoms with E-state index >= 15 is 0 Å². The molecule has 0 bridgehead atoms. The van der Waals surface area contributed by atoms with Crippen LogP contribution in [0.5, 0.6) is 0 Å². The number of carbonyl (C=O) groups excluding carboxylic acids is 1. The fourth-order valence-electron chi connectivity index (χ4n) is 4.95. The van der Waals surface area contributed by atoms with Crippen molar-refractivity contribution in [3.8, 4) is 0 Å². The van der Waals surface area contributed by atoms with Crippen LogP contribution in [-0.2, 0) is 20.9 Å². The van der Waals surface area contributed by atoms with Gasteiger partial charge in [0.2, 0.25) is 0 Å². The van der Waals surface area contributed by atoms with E-state index < -0.39 is 17.4 Å². The minimum Gasteiger partial charge on any atom is -0.482 e. The van der Waals surface area contributed by atoms with Crippen molar-refractivity contribution in [1.29, 1.82) is 0 Å². The van der Waals surface area contributed by atoms with Crippen molar-refractivity contribution in [2.45, 2.75) is 26.0 Å². The molecule has 0 atom stereocenters. The monoisotopic (exact) mass is 477 g/mol. The minimum absolute atomic E-state index is 0.0931. The largest absolute Gasteiger partial charge is 0.482 e. The standard InChI is InChI=1S/C27H28FN3O4/c1-27(2)21(14-23(35-27)25-20-13-19(28)7-8-22(20)29-26(25)34)18-5-3-17(4-6-18)15-30-9-11-31(12-10-30)16-24(32)33/h3-8,13-14H,9-12,15-16H2,1-2H3,(H,29,34)(H,32,33)/b25-23+. The van der Waals surface area contributed by atoms with E-state index in [1.165, 1.54) is 17.7 Å². The molecule has 5 rings (SSSR count). The molecule has 2 aromatic carbocycles. The van der Waals surface area contributed by atoms with E-state index in [1.54, 1.807) is 6.07 Å². The highest BCUT2D eigenvalue weighted by molar-refractivity contribution is 6.32. The lowest BCUT2D eigenvalue weighted by molar-refractivity contribution is -0.138. The number of nitrogens with zero attached hydrogens (tertiary/aromatic N) is 2. The average Bonchev–Trinajstić information content (AvgIpc) is 3.29. The molecular weight excluding hydrogens is 449 g/mol. The van der Waals surface area contributed by atoms with Gasteiger partial charge < -0.3 is 15.2 Å². The molecule has 35 heavy (non-hydrogen) atoms. The Morgan fingerprint density at radius 2 is 1.77 bits per heavy atom. The number of rotatable bonds is 5. The number of allylic oxidation sites excluding steroid dienone is 1. The van der Waals surface area contributed by atoms with Crippen LogP contribution in [0.1, 0.15) is 30.5 Å². The molecule has 8 heteroatoms. The van der Waals surface area contributed by atoms with Gasteiger partial charge in [0.05, 0.1) is 12.1 Å². The van der Waals surface area contributed by atoms with Crippen molar-refractivity contribution in [3.63, 3.8) is 0 Å². The Labute approximate surface area is 203 Å². The third kappa shape index (κ3) is 4.72. The summed E-state index contributed by atoms with van der Waals surface area (Å²) >= 11 is 0. The summed E-state index contributed by atoms with van der Waals surface area (Å²) in [5, 5.41) is 11.7. The number of hydrogen-bond donors (Lipinski definition) is 2. The molecule has 182 valence electrons. The summed E-state index contributed by atoms with van der Waals surface area (Å²) in [6, 6.07) is 12.5. The molecule has 2 N–H and O–H groups in total. The Kier molecular flexibility index (Phi) is 5.94. The van der Waals surface area contributed by atoms with Crippen molar-refractivity contribution < 1.29 is 23.8 Å². The van der Waals surface area contributed by atoms with Gasteiger partial charge in [-0.15, -0.1) is 0 Å². The smallest absolute Gasteiger partial charge is 0.317 e. The first kappa shape index (κ1) is 23.3. The van der Waals surface area contributed by atoms with Crippen LogP contribution in [0.25, 0.3) is 11.1 Å². The minimum atomic E-state index is -0.786. The highest BCUT2D eigenvalue weighted by Crippen LogP contribution is 2.44. The number of anilines is 1. The topological polar surface area (TPSA) is 82.1 Å². The average molecular weight is 478 g/mol. The summed E-state index contributed by atoms with van der Waals surface area (Å²) in [6.45, 7) is 7.98. The highest BCUT2D eigenvalue weighted by atomic mass is 19.1. The molecule has 0 saturated carbocycles. The van der Waals surface area contributed by atoms with Gasteiger partial charge in [0.1, 0.15) is 17.2 Å². The number of amides is 1. The van der Waals surface area contributed by atoms with Gasteiger partial charge in [0, 0.05) is 49.5 Å². The van der Waals surface area contributed by atoms with Gasteiger partial charge in [-0.3, -0.25) is 19.4 Å². The number of halogens is 1. The zero-order valence-electron chi connectivity index (χ0n) is 19.8. The lowest BCUT2D eigenvalue weighted by atomic mass is 9.91. The number of carbonyl (C=O) groups is 2. The van der Waals surface area contributed by atoms with E-state index in [2.05, 4.69) is 34.5 Å². The molecule has 1 saturated heterocycles. The summed E-state index contributed by atoms with van der Waals surface area (Å²) in [6.07, 6.45) is 1.88. The number of aliphatic carboxylic acids is 1. The van der Waals surface area contributed by atoms with E-state index in [4.69, 9.17) is 9.84 Å². The van der Waals surface area contributed by atoms with Crippen LogP contribution in [0.3, 0.4) is 0 Å². The van der Waals surface area contributed by atoms with E-state index in [0.717, 1.165) is 43.9 Å². The molecule has 1 fully saturated rings. The molecule has 0 aromatic heterocycles. The Balaban J connectivity index is 1.34. The molecule has 1 amide bonds. The predicted molar refractivity (Wildman–Crippen MR) is 131 cm³/mol. The number of carboxylic acids is 1. The molecular formula is C27H28FN3O4. The summed E-state index contributed by atoms with van der Waals surface area (Å²) < 4.78 is 20.1. The van der Waals surface area contributed by atoms with Crippen LogP contribution >= 0.6 is 0 Å². The van der Waals surface area contributed by atoms with Crippen molar-refractivity contribution in [3.05, 3.63) is 76.8 Å². The summed E-state index contributed by atoms with van der Waals surface area (Å²) in [4.78, 5) is 27.8. The number of piperazine rings is 1. The maximum atomic E-state index is 13.9. The zero-order valence-corrected chi connectivity index (χ0v) is 19.8. The Hall–Kier alpha value is -3.49. The Morgan fingerprint density at radius 3 is 2.46 bits per heavy atom. The fraction of sp³-hybridized carbons (Fsp3) is 0.333. The van der Waals surface area contributed by atoms with Crippen LogP contribution in [0.15, 0.2) is 54.3 Å². The molecule has 0 aliphatic carbocycles. The van der Waals surface area contributed by atoms with E-state index in [1.807, 2.05) is 24.8 Å². The van der Waals surface area contributed by atoms with Gasteiger partial charge in [0.15, 0.2) is 0 Å². The quantitative estimate of drug-likeness (QED) is 0.641. The van der Waals surface area contributed by atoms with Crippen molar-refractivity contribution in [2.75, 3.05) is 38.0 Å². The Morgan fingerprint density at radius 1 is 1.09 bits per heavy atom. The van der Waals surface area contributed by atoms with Gasteiger partial charge >= 0.3 is 5.97 Å². The third-order valence-corrected chi connectivity index (χ3v) is 6.76. The number of ether oxygens (including phenoxy) is 1. The van der Waals surface area contributed by atoms with Gasteiger partial charge in [-0.2, -0.15) is 0 Å².